The third-order valence-corrected chi connectivity index (χ3v) is 9.68. The fraction of sp³-hybridized carbons (Fsp3) is 0.324. The lowest BCUT2D eigenvalue weighted by atomic mass is 9.93. The van der Waals surface area contributed by atoms with Crippen molar-refractivity contribution in [1.82, 2.24) is 29.9 Å². The molecule has 7 rings (SSSR count). The second-order valence-electron chi connectivity index (χ2n) is 13.9. The Morgan fingerprint density at radius 3 is 2.42 bits per heavy atom. The minimum Gasteiger partial charge on any atom is -0.465 e. The van der Waals surface area contributed by atoms with Gasteiger partial charge in [-0.1, -0.05) is 23.6 Å². The molecule has 1 fully saturated rings. The van der Waals surface area contributed by atoms with Crippen molar-refractivity contribution in [3.8, 4) is 23.0 Å². The SMILES string of the molecule is Cn1nc(NC(=O)O)c2c(Cl)ccc(-c3ccc(C#CC(C)(C)O)nc3[C@H](Cc3cc(F)cc(F)c3)NC(=O)Cn3nc(C(F)F)c4c3C(F)(F)[C@@H]3C[C@H]43)c21. The van der Waals surface area contributed by atoms with Crippen LogP contribution in [0.1, 0.15) is 72.6 Å². The number of carboxylic acid groups (broad SMARTS) is 1. The van der Waals surface area contributed by atoms with Crippen LogP contribution in [-0.4, -0.2) is 52.4 Å². The van der Waals surface area contributed by atoms with Gasteiger partial charge >= 0.3 is 6.09 Å². The summed E-state index contributed by atoms with van der Waals surface area (Å²) in [5, 5.41) is 32.9. The predicted octanol–water partition coefficient (Wildman–Crippen LogP) is 7.22. The molecule has 0 bridgehead atoms. The van der Waals surface area contributed by atoms with Gasteiger partial charge in [0.25, 0.3) is 12.3 Å². The average Bonchev–Trinajstić information content (AvgIpc) is 3.62. The van der Waals surface area contributed by atoms with Crippen molar-refractivity contribution >= 4 is 40.3 Å². The van der Waals surface area contributed by atoms with Crippen LogP contribution in [0.25, 0.3) is 22.0 Å². The Morgan fingerprint density at radius 1 is 1.07 bits per heavy atom. The maximum Gasteiger partial charge on any atom is 0.410 e. The first kappa shape index (κ1) is 37.7. The summed E-state index contributed by atoms with van der Waals surface area (Å²) in [5.74, 6) is -3.01. The zero-order chi connectivity index (χ0) is 39.7. The van der Waals surface area contributed by atoms with Gasteiger partial charge in [0.1, 0.15) is 40.9 Å². The lowest BCUT2D eigenvalue weighted by molar-refractivity contribution is -0.123. The minimum atomic E-state index is -3.50. The number of amides is 2. The molecular weight excluding hydrogens is 756 g/mol. The highest BCUT2D eigenvalue weighted by Crippen LogP contribution is 2.68. The molecule has 1 saturated carbocycles. The molecule has 0 aliphatic heterocycles. The van der Waals surface area contributed by atoms with Gasteiger partial charge in [0, 0.05) is 35.7 Å². The number of halogens is 7. The van der Waals surface area contributed by atoms with E-state index in [0.717, 1.165) is 12.1 Å². The Labute approximate surface area is 313 Å². The summed E-state index contributed by atoms with van der Waals surface area (Å²) in [6.07, 6.45) is -4.90. The third-order valence-electron chi connectivity index (χ3n) is 9.36. The predicted molar refractivity (Wildman–Crippen MR) is 187 cm³/mol. The first-order valence-corrected chi connectivity index (χ1v) is 17.1. The number of hydrogen-bond acceptors (Lipinski definition) is 6. The molecule has 11 nitrogen and oxygen atoms in total. The van der Waals surface area contributed by atoms with Crippen LogP contribution >= 0.6 is 11.6 Å². The maximum absolute atomic E-state index is 15.3. The molecular formula is C37H30ClF6N7O4. The van der Waals surface area contributed by atoms with Crippen LogP contribution in [0, 0.1) is 29.4 Å². The molecule has 2 amide bonds. The molecule has 2 aliphatic rings. The van der Waals surface area contributed by atoms with Gasteiger partial charge in [-0.2, -0.15) is 19.0 Å². The topological polar surface area (TPSA) is 147 Å². The maximum atomic E-state index is 15.3. The molecule has 3 aromatic heterocycles. The average molecular weight is 786 g/mol. The van der Waals surface area contributed by atoms with Crippen molar-refractivity contribution in [2.45, 2.75) is 63.1 Å². The zero-order valence-corrected chi connectivity index (χ0v) is 29.8. The van der Waals surface area contributed by atoms with Gasteiger partial charge in [0.2, 0.25) is 5.91 Å². The number of benzene rings is 2. The van der Waals surface area contributed by atoms with Crippen LogP contribution in [0.5, 0.6) is 0 Å². The highest BCUT2D eigenvalue weighted by atomic mass is 35.5. The van der Waals surface area contributed by atoms with Gasteiger partial charge in [0.15, 0.2) is 5.82 Å². The smallest absolute Gasteiger partial charge is 0.410 e. The van der Waals surface area contributed by atoms with Crippen molar-refractivity contribution in [2.75, 3.05) is 5.32 Å². The van der Waals surface area contributed by atoms with Crippen molar-refractivity contribution in [3.63, 3.8) is 0 Å². The number of fused-ring (bicyclic) bond motifs is 4. The van der Waals surface area contributed by atoms with E-state index in [4.69, 9.17) is 16.6 Å². The summed E-state index contributed by atoms with van der Waals surface area (Å²) in [5.41, 5.74) is -2.19. The highest BCUT2D eigenvalue weighted by Gasteiger charge is 2.67. The number of hydrogen-bond donors (Lipinski definition) is 4. The Morgan fingerprint density at radius 2 is 1.76 bits per heavy atom. The van der Waals surface area contributed by atoms with Crippen molar-refractivity contribution in [2.24, 2.45) is 13.0 Å². The molecule has 5 aromatic rings. The summed E-state index contributed by atoms with van der Waals surface area (Å²) in [6.45, 7) is 1.96. The van der Waals surface area contributed by atoms with Crippen LogP contribution in [-0.2, 0) is 30.7 Å². The molecule has 18 heteroatoms. The monoisotopic (exact) mass is 785 g/mol. The van der Waals surface area contributed by atoms with E-state index in [0.29, 0.717) is 21.8 Å². The highest BCUT2D eigenvalue weighted by molar-refractivity contribution is 6.37. The molecule has 2 aromatic carbocycles. The number of aryl methyl sites for hydroxylation is 1. The quantitative estimate of drug-likeness (QED) is 0.0912. The third kappa shape index (κ3) is 7.19. The number of rotatable bonds is 9. The number of nitrogens with zero attached hydrogens (tertiary/aromatic N) is 5. The largest absolute Gasteiger partial charge is 0.465 e. The zero-order valence-electron chi connectivity index (χ0n) is 29.1. The summed E-state index contributed by atoms with van der Waals surface area (Å²) < 4.78 is 89.6. The first-order valence-electron chi connectivity index (χ1n) is 16.8. The number of nitrogens with one attached hydrogen (secondary N) is 2. The lowest BCUT2D eigenvalue weighted by Gasteiger charge is -2.23. The molecule has 0 radical (unpaired) electrons. The van der Waals surface area contributed by atoms with Crippen molar-refractivity contribution < 1.29 is 46.1 Å². The summed E-state index contributed by atoms with van der Waals surface area (Å²) in [7, 11) is 1.52. The molecule has 286 valence electrons. The molecule has 4 N–H and O–H groups in total. The molecule has 55 heavy (non-hydrogen) atoms. The first-order chi connectivity index (χ1) is 25.8. The van der Waals surface area contributed by atoms with Crippen LogP contribution < -0.4 is 10.6 Å². The fourth-order valence-electron chi connectivity index (χ4n) is 7.17. The molecule has 3 heterocycles. The van der Waals surface area contributed by atoms with Gasteiger partial charge in [-0.05, 0) is 74.4 Å². The van der Waals surface area contributed by atoms with E-state index >= 15 is 8.78 Å². The Bertz CT molecular complexity index is 2450. The van der Waals surface area contributed by atoms with Gasteiger partial charge in [-0.3, -0.25) is 19.5 Å². The van der Waals surface area contributed by atoms with Crippen molar-refractivity contribution in [1.29, 1.82) is 0 Å². The normalized spacial score (nSPS) is 17.4. The van der Waals surface area contributed by atoms with E-state index in [2.05, 4.69) is 32.7 Å². The summed E-state index contributed by atoms with van der Waals surface area (Å²) in [4.78, 5) is 30.1. The van der Waals surface area contributed by atoms with Crippen LogP contribution in [0.15, 0.2) is 42.5 Å². The molecule has 0 unspecified atom stereocenters. The van der Waals surface area contributed by atoms with Gasteiger partial charge in [-0.15, -0.1) is 0 Å². The molecule has 3 atom stereocenters. The van der Waals surface area contributed by atoms with Crippen LogP contribution in [0.4, 0.5) is 37.0 Å². The number of alkyl halides is 4. The van der Waals surface area contributed by atoms with E-state index < -0.39 is 77.4 Å². The minimum absolute atomic E-state index is 0.0213. The molecule has 2 aliphatic carbocycles. The number of carbonyl (C=O) groups excluding carboxylic acids is 1. The Balaban J connectivity index is 1.38. The molecule has 0 saturated heterocycles. The van der Waals surface area contributed by atoms with Crippen LogP contribution in [0.3, 0.4) is 0 Å². The second kappa shape index (κ2) is 13.6. The number of carbonyl (C=O) groups is 2. The van der Waals surface area contributed by atoms with Gasteiger partial charge < -0.3 is 15.5 Å². The number of aromatic nitrogens is 5. The fourth-order valence-corrected chi connectivity index (χ4v) is 7.41. The molecule has 0 spiro atoms. The van der Waals surface area contributed by atoms with E-state index in [1.165, 1.54) is 37.7 Å². The summed E-state index contributed by atoms with van der Waals surface area (Å²) >= 11 is 6.53. The lowest BCUT2D eigenvalue weighted by Crippen LogP contribution is -2.35. The number of anilines is 1. The van der Waals surface area contributed by atoms with E-state index in [9.17, 15) is 37.4 Å². The van der Waals surface area contributed by atoms with Crippen LogP contribution in [0.2, 0.25) is 5.02 Å². The Kier molecular flexibility index (Phi) is 9.33. The van der Waals surface area contributed by atoms with E-state index in [1.807, 2.05) is 0 Å². The van der Waals surface area contributed by atoms with E-state index in [1.54, 1.807) is 12.1 Å². The second-order valence-corrected chi connectivity index (χ2v) is 14.3. The van der Waals surface area contributed by atoms with Gasteiger partial charge in [-0.25, -0.2) is 27.3 Å². The van der Waals surface area contributed by atoms with Crippen molar-refractivity contribution in [3.05, 3.63) is 93.0 Å². The number of aliphatic hydroxyl groups is 1. The summed E-state index contributed by atoms with van der Waals surface area (Å²) in [6, 6.07) is 7.48. The van der Waals surface area contributed by atoms with E-state index in [-0.39, 0.29) is 57.1 Å². The Hall–Kier alpha value is -5.60. The number of pyridine rings is 1. The standard InChI is InChI=1S/C37H30ClF6N7O4/c1-36(2,55)9-8-19-4-5-20(21-6-7-24(38)28-31(21)50(3)49-34(28)47-35(53)54)29(45-19)25(12-16-10-17(39)13-18(40)11-16)46-26(52)15-51-32-27(30(48-51)33(41)42)22-14-23(22)37(32,43)44/h4-7,10-11,13,22-23,25,33,55H,12,14-15H2,1-3H3,(H,46,52)(H,47,49)(H,53,54)/t22-,23+,25-/m0/s1. The van der Waals surface area contributed by atoms with Gasteiger partial charge in [0.05, 0.1) is 27.7 Å².